The van der Waals surface area contributed by atoms with Gasteiger partial charge in [-0.1, -0.05) is 0 Å². The molecule has 2 heterocycles. The van der Waals surface area contributed by atoms with Crippen molar-refractivity contribution in [2.75, 3.05) is 11.9 Å². The van der Waals surface area contributed by atoms with Crippen LogP contribution in [0, 0.1) is 24.0 Å². The zero-order chi connectivity index (χ0) is 18.7. The van der Waals surface area contributed by atoms with Crippen molar-refractivity contribution in [1.82, 2.24) is 19.5 Å². The molecule has 9 nitrogen and oxygen atoms in total. The summed E-state index contributed by atoms with van der Waals surface area (Å²) in [5, 5.41) is 14.5. The van der Waals surface area contributed by atoms with Gasteiger partial charge >= 0.3 is 5.69 Å². The van der Waals surface area contributed by atoms with Gasteiger partial charge in [0.05, 0.1) is 11.5 Å². The first-order valence-electron chi connectivity index (χ1n) is 8.03. The molecule has 0 saturated heterocycles. The third-order valence-corrected chi connectivity index (χ3v) is 3.70. The highest BCUT2D eigenvalue weighted by atomic mass is 16.6. The monoisotopic (exact) mass is 354 g/mol. The SMILES string of the molecule is CCOc1ccc(Nc2nc(-n3ccnc3C)nc(C)c2[N+](=O)[O-])cc1. The fourth-order valence-corrected chi connectivity index (χ4v) is 2.49. The molecule has 0 spiro atoms. The third kappa shape index (κ3) is 3.46. The second-order valence-electron chi connectivity index (χ2n) is 5.49. The molecule has 0 aliphatic heterocycles. The summed E-state index contributed by atoms with van der Waals surface area (Å²) in [7, 11) is 0. The molecule has 134 valence electrons. The first kappa shape index (κ1) is 17.3. The van der Waals surface area contributed by atoms with E-state index in [0.29, 0.717) is 24.1 Å². The average Bonchev–Trinajstić information content (AvgIpc) is 3.02. The highest BCUT2D eigenvalue weighted by molar-refractivity contribution is 5.67. The van der Waals surface area contributed by atoms with Crippen LogP contribution >= 0.6 is 0 Å². The number of nitro groups is 1. The average molecular weight is 354 g/mol. The van der Waals surface area contributed by atoms with Crippen LogP contribution in [0.25, 0.3) is 5.95 Å². The van der Waals surface area contributed by atoms with Crippen LogP contribution in [0.2, 0.25) is 0 Å². The van der Waals surface area contributed by atoms with E-state index >= 15 is 0 Å². The van der Waals surface area contributed by atoms with Crippen LogP contribution < -0.4 is 10.1 Å². The maximum absolute atomic E-state index is 11.5. The Hall–Kier alpha value is -3.49. The zero-order valence-electron chi connectivity index (χ0n) is 14.6. The summed E-state index contributed by atoms with van der Waals surface area (Å²) in [5.41, 5.74) is 0.755. The molecule has 0 fully saturated rings. The molecule has 9 heteroatoms. The number of aromatic nitrogens is 4. The maximum Gasteiger partial charge on any atom is 0.332 e. The molecule has 3 rings (SSSR count). The molecule has 3 aromatic rings. The Balaban J connectivity index is 2.02. The van der Waals surface area contributed by atoms with Gasteiger partial charge in [-0.15, -0.1) is 0 Å². The van der Waals surface area contributed by atoms with Crippen molar-refractivity contribution in [3.05, 3.63) is 58.3 Å². The van der Waals surface area contributed by atoms with Gasteiger partial charge in [-0.3, -0.25) is 14.7 Å². The topological polar surface area (TPSA) is 108 Å². The van der Waals surface area contributed by atoms with Crippen LogP contribution in [0.4, 0.5) is 17.2 Å². The van der Waals surface area contributed by atoms with Gasteiger partial charge < -0.3 is 10.1 Å². The second kappa shape index (κ2) is 7.18. The standard InChI is InChI=1S/C17H18N6O3/c1-4-26-14-7-5-13(6-8-14)20-16-15(23(24)25)11(2)19-17(21-16)22-10-9-18-12(22)3/h5-10H,4H2,1-3H3,(H,19,20,21). The first-order valence-corrected chi connectivity index (χ1v) is 8.03. The number of rotatable bonds is 6. The molecular formula is C17H18N6O3. The molecule has 1 N–H and O–H groups in total. The number of nitrogens with one attached hydrogen (secondary N) is 1. The summed E-state index contributed by atoms with van der Waals surface area (Å²) in [6, 6.07) is 7.11. The largest absolute Gasteiger partial charge is 0.494 e. The third-order valence-electron chi connectivity index (χ3n) is 3.70. The molecule has 0 unspecified atom stereocenters. The quantitative estimate of drug-likeness (QED) is 0.534. The Labute approximate surface area is 149 Å². The van der Waals surface area contributed by atoms with Gasteiger partial charge in [-0.25, -0.2) is 9.97 Å². The number of nitrogens with zero attached hydrogens (tertiary/aromatic N) is 5. The Morgan fingerprint density at radius 3 is 2.54 bits per heavy atom. The van der Waals surface area contributed by atoms with Gasteiger partial charge in [0.1, 0.15) is 17.3 Å². The van der Waals surface area contributed by atoms with Crippen molar-refractivity contribution < 1.29 is 9.66 Å². The lowest BCUT2D eigenvalue weighted by molar-refractivity contribution is -0.385. The number of benzene rings is 1. The smallest absolute Gasteiger partial charge is 0.332 e. The van der Waals surface area contributed by atoms with E-state index in [0.717, 1.165) is 5.75 Å². The van der Waals surface area contributed by atoms with E-state index in [1.54, 1.807) is 55.1 Å². The van der Waals surface area contributed by atoms with Gasteiger partial charge in [0.25, 0.3) is 0 Å². The van der Waals surface area contributed by atoms with E-state index in [4.69, 9.17) is 4.74 Å². The molecule has 0 atom stereocenters. The molecule has 0 aliphatic rings. The van der Waals surface area contributed by atoms with Gasteiger partial charge in [-0.05, 0) is 45.0 Å². The first-order chi connectivity index (χ1) is 12.5. The fraction of sp³-hybridized carbons (Fsp3) is 0.235. The molecule has 0 saturated carbocycles. The van der Waals surface area contributed by atoms with E-state index in [-0.39, 0.29) is 17.2 Å². The van der Waals surface area contributed by atoms with Crippen molar-refractivity contribution in [1.29, 1.82) is 0 Å². The number of imidazole rings is 1. The van der Waals surface area contributed by atoms with Crippen LogP contribution in [0.15, 0.2) is 36.7 Å². The van der Waals surface area contributed by atoms with Gasteiger partial charge in [0.15, 0.2) is 0 Å². The molecule has 0 aliphatic carbocycles. The highest BCUT2D eigenvalue weighted by Gasteiger charge is 2.23. The normalized spacial score (nSPS) is 10.6. The second-order valence-corrected chi connectivity index (χ2v) is 5.49. The van der Waals surface area contributed by atoms with Crippen molar-refractivity contribution in [2.45, 2.75) is 20.8 Å². The van der Waals surface area contributed by atoms with E-state index in [1.807, 2.05) is 6.92 Å². The summed E-state index contributed by atoms with van der Waals surface area (Å²) in [5.74, 6) is 1.85. The molecule has 26 heavy (non-hydrogen) atoms. The Bertz CT molecular complexity index is 936. The summed E-state index contributed by atoms with van der Waals surface area (Å²) in [4.78, 5) is 23.7. The molecular weight excluding hydrogens is 336 g/mol. The molecule has 0 bridgehead atoms. The Kier molecular flexibility index (Phi) is 4.78. The van der Waals surface area contributed by atoms with Gasteiger partial charge in [-0.2, -0.15) is 4.98 Å². The Morgan fingerprint density at radius 1 is 1.23 bits per heavy atom. The number of anilines is 2. The Morgan fingerprint density at radius 2 is 1.96 bits per heavy atom. The summed E-state index contributed by atoms with van der Waals surface area (Å²) in [6.07, 6.45) is 3.32. The number of hydrogen-bond acceptors (Lipinski definition) is 7. The highest BCUT2D eigenvalue weighted by Crippen LogP contribution is 2.29. The predicted molar refractivity (Wildman–Crippen MR) is 96.2 cm³/mol. The summed E-state index contributed by atoms with van der Waals surface area (Å²) < 4.78 is 7.07. The van der Waals surface area contributed by atoms with Crippen LogP contribution in [-0.2, 0) is 0 Å². The summed E-state index contributed by atoms with van der Waals surface area (Å²) >= 11 is 0. The van der Waals surface area contributed by atoms with E-state index in [2.05, 4.69) is 20.3 Å². The number of hydrogen-bond donors (Lipinski definition) is 1. The van der Waals surface area contributed by atoms with Crippen molar-refractivity contribution in [2.24, 2.45) is 0 Å². The van der Waals surface area contributed by atoms with Crippen LogP contribution in [0.1, 0.15) is 18.4 Å². The lowest BCUT2D eigenvalue weighted by Crippen LogP contribution is -2.09. The summed E-state index contributed by atoms with van der Waals surface area (Å²) in [6.45, 7) is 5.86. The van der Waals surface area contributed by atoms with Crippen molar-refractivity contribution in [3.63, 3.8) is 0 Å². The van der Waals surface area contributed by atoms with E-state index in [9.17, 15) is 10.1 Å². The minimum absolute atomic E-state index is 0.120. The van der Waals surface area contributed by atoms with Gasteiger partial charge in [0, 0.05) is 18.1 Å². The van der Waals surface area contributed by atoms with Crippen molar-refractivity contribution in [3.8, 4) is 11.7 Å². The lowest BCUT2D eigenvalue weighted by Gasteiger charge is -2.11. The maximum atomic E-state index is 11.5. The van der Waals surface area contributed by atoms with Gasteiger partial charge in [0.2, 0.25) is 11.8 Å². The van der Waals surface area contributed by atoms with Crippen LogP contribution in [0.3, 0.4) is 0 Å². The zero-order valence-corrected chi connectivity index (χ0v) is 14.6. The minimum atomic E-state index is -0.489. The molecule has 2 aromatic heterocycles. The minimum Gasteiger partial charge on any atom is -0.494 e. The van der Waals surface area contributed by atoms with E-state index < -0.39 is 4.92 Å². The van der Waals surface area contributed by atoms with E-state index in [1.165, 1.54) is 0 Å². The predicted octanol–water partition coefficient (Wildman–Crippen LogP) is 3.33. The lowest BCUT2D eigenvalue weighted by atomic mass is 10.3. The fourth-order valence-electron chi connectivity index (χ4n) is 2.49. The molecule has 0 amide bonds. The van der Waals surface area contributed by atoms with Crippen molar-refractivity contribution >= 4 is 17.2 Å². The number of ether oxygens (including phenoxy) is 1. The van der Waals surface area contributed by atoms with Crippen LogP contribution in [0.5, 0.6) is 5.75 Å². The number of aryl methyl sites for hydroxylation is 2. The van der Waals surface area contributed by atoms with Crippen LogP contribution in [-0.4, -0.2) is 31.0 Å². The molecule has 1 aromatic carbocycles. The molecule has 0 radical (unpaired) electrons.